The summed E-state index contributed by atoms with van der Waals surface area (Å²) in [4.78, 5) is 22.2. The van der Waals surface area contributed by atoms with Gasteiger partial charge in [0.25, 0.3) is 0 Å². The van der Waals surface area contributed by atoms with Gasteiger partial charge in [0.05, 0.1) is 5.92 Å². The molecule has 0 heterocycles. The quantitative estimate of drug-likeness (QED) is 0.842. The average molecular weight is 219 g/mol. The summed E-state index contributed by atoms with van der Waals surface area (Å²) in [5.74, 6) is -0.0926. The summed E-state index contributed by atoms with van der Waals surface area (Å²) < 4.78 is 5.03. The van der Waals surface area contributed by atoms with Crippen LogP contribution in [0, 0.1) is 5.92 Å². The Bertz CT molecular complexity index is 402. The minimum absolute atomic E-state index is 0.134. The minimum atomic E-state index is -0.839. The van der Waals surface area contributed by atoms with Crippen LogP contribution in [0.1, 0.15) is 24.5 Å². The van der Waals surface area contributed by atoms with Gasteiger partial charge in [-0.1, -0.05) is 30.3 Å². The Morgan fingerprint density at radius 2 is 2.06 bits per heavy atom. The van der Waals surface area contributed by atoms with Crippen LogP contribution in [0.3, 0.4) is 0 Å². The third kappa shape index (κ3) is 2.05. The Kier molecular flexibility index (Phi) is 2.90. The number of Topliss-reactive ketones (excluding diaryl/α,β-unsaturated/α-hetero) is 1. The molecule has 0 bridgehead atoms. The number of primary amides is 1. The fourth-order valence-corrected chi connectivity index (χ4v) is 1.90. The molecule has 16 heavy (non-hydrogen) atoms. The van der Waals surface area contributed by atoms with Crippen molar-refractivity contribution in [3.05, 3.63) is 35.9 Å². The van der Waals surface area contributed by atoms with Crippen molar-refractivity contribution in [3.63, 3.8) is 0 Å². The van der Waals surface area contributed by atoms with Gasteiger partial charge in [0, 0.05) is 6.42 Å². The molecule has 2 N–H and O–H groups in total. The smallest absolute Gasteiger partial charge is 0.405 e. The summed E-state index contributed by atoms with van der Waals surface area (Å²) in [5, 5.41) is 0. The molecule has 2 rings (SSSR count). The van der Waals surface area contributed by atoms with Crippen LogP contribution in [0.4, 0.5) is 4.79 Å². The second-order valence-electron chi connectivity index (χ2n) is 3.88. The Morgan fingerprint density at radius 1 is 1.38 bits per heavy atom. The van der Waals surface area contributed by atoms with Crippen LogP contribution in [-0.4, -0.2) is 11.9 Å². The van der Waals surface area contributed by atoms with Crippen molar-refractivity contribution in [2.45, 2.75) is 18.9 Å². The molecular weight excluding hydrogens is 206 g/mol. The average Bonchev–Trinajstić information content (AvgIpc) is 2.27. The van der Waals surface area contributed by atoms with Crippen molar-refractivity contribution in [1.82, 2.24) is 0 Å². The Balaban J connectivity index is 2.21. The summed E-state index contributed by atoms with van der Waals surface area (Å²) in [7, 11) is 0. The highest BCUT2D eigenvalue weighted by molar-refractivity contribution is 5.87. The Hall–Kier alpha value is -1.84. The first-order valence-electron chi connectivity index (χ1n) is 5.22. The molecule has 0 spiro atoms. The van der Waals surface area contributed by atoms with E-state index in [2.05, 4.69) is 0 Å². The SMILES string of the molecule is NC(=O)OC(c1ccccc1)C1CCC1=O. The van der Waals surface area contributed by atoms with E-state index in [0.29, 0.717) is 6.42 Å². The monoisotopic (exact) mass is 219 g/mol. The van der Waals surface area contributed by atoms with Crippen molar-refractivity contribution in [3.8, 4) is 0 Å². The number of ketones is 1. The van der Waals surface area contributed by atoms with E-state index in [9.17, 15) is 9.59 Å². The molecule has 4 nitrogen and oxygen atoms in total. The second-order valence-corrected chi connectivity index (χ2v) is 3.88. The number of hydrogen-bond acceptors (Lipinski definition) is 3. The Morgan fingerprint density at radius 3 is 2.50 bits per heavy atom. The molecule has 1 amide bonds. The van der Waals surface area contributed by atoms with Gasteiger partial charge in [0.15, 0.2) is 0 Å². The van der Waals surface area contributed by atoms with E-state index in [4.69, 9.17) is 10.5 Å². The van der Waals surface area contributed by atoms with Gasteiger partial charge in [-0.3, -0.25) is 4.79 Å². The lowest BCUT2D eigenvalue weighted by atomic mass is 9.77. The minimum Gasteiger partial charge on any atom is -0.441 e. The fraction of sp³-hybridized carbons (Fsp3) is 0.333. The van der Waals surface area contributed by atoms with E-state index in [1.54, 1.807) is 0 Å². The lowest BCUT2D eigenvalue weighted by molar-refractivity contribution is -0.134. The molecular formula is C12H13NO3. The molecule has 1 saturated carbocycles. The highest BCUT2D eigenvalue weighted by Crippen LogP contribution is 2.37. The van der Waals surface area contributed by atoms with Gasteiger partial charge in [-0.2, -0.15) is 0 Å². The molecule has 2 unspecified atom stereocenters. The highest BCUT2D eigenvalue weighted by Gasteiger charge is 2.38. The van der Waals surface area contributed by atoms with Gasteiger partial charge in [-0.15, -0.1) is 0 Å². The number of amides is 1. The van der Waals surface area contributed by atoms with E-state index in [1.807, 2.05) is 30.3 Å². The molecule has 2 atom stereocenters. The van der Waals surface area contributed by atoms with Crippen molar-refractivity contribution in [2.75, 3.05) is 0 Å². The van der Waals surface area contributed by atoms with E-state index >= 15 is 0 Å². The van der Waals surface area contributed by atoms with E-state index < -0.39 is 12.2 Å². The number of hydrogen-bond donors (Lipinski definition) is 1. The van der Waals surface area contributed by atoms with E-state index in [1.165, 1.54) is 0 Å². The zero-order valence-electron chi connectivity index (χ0n) is 8.76. The fourth-order valence-electron chi connectivity index (χ4n) is 1.90. The summed E-state index contributed by atoms with van der Waals surface area (Å²) in [6, 6.07) is 9.22. The number of rotatable bonds is 3. The number of carbonyl (C=O) groups excluding carboxylic acids is 2. The summed E-state index contributed by atoms with van der Waals surface area (Å²) in [6.45, 7) is 0. The lowest BCUT2D eigenvalue weighted by Gasteiger charge is -2.31. The summed E-state index contributed by atoms with van der Waals surface area (Å²) >= 11 is 0. The molecule has 0 aliphatic heterocycles. The van der Waals surface area contributed by atoms with Gasteiger partial charge in [-0.05, 0) is 12.0 Å². The van der Waals surface area contributed by atoms with Crippen LogP contribution in [0.25, 0.3) is 0 Å². The number of carbonyl (C=O) groups is 2. The van der Waals surface area contributed by atoms with Crippen molar-refractivity contribution in [2.24, 2.45) is 11.7 Å². The third-order valence-electron chi connectivity index (χ3n) is 2.85. The second kappa shape index (κ2) is 4.35. The Labute approximate surface area is 93.4 Å². The maximum absolute atomic E-state index is 11.4. The van der Waals surface area contributed by atoms with Crippen LogP contribution in [0.5, 0.6) is 0 Å². The topological polar surface area (TPSA) is 69.4 Å². The third-order valence-corrected chi connectivity index (χ3v) is 2.85. The largest absolute Gasteiger partial charge is 0.441 e. The molecule has 1 aliphatic carbocycles. The zero-order chi connectivity index (χ0) is 11.5. The molecule has 0 radical (unpaired) electrons. The predicted octanol–water partition coefficient (Wildman–Crippen LogP) is 1.80. The van der Waals surface area contributed by atoms with Crippen LogP contribution in [0.2, 0.25) is 0 Å². The highest BCUT2D eigenvalue weighted by atomic mass is 16.6. The summed E-state index contributed by atoms with van der Waals surface area (Å²) in [5.41, 5.74) is 5.84. The molecule has 0 aromatic heterocycles. The van der Waals surface area contributed by atoms with Crippen molar-refractivity contribution >= 4 is 11.9 Å². The van der Waals surface area contributed by atoms with Crippen LogP contribution >= 0.6 is 0 Å². The zero-order valence-corrected chi connectivity index (χ0v) is 8.76. The first-order valence-corrected chi connectivity index (χ1v) is 5.22. The van der Waals surface area contributed by atoms with Gasteiger partial charge in [-0.25, -0.2) is 4.79 Å². The van der Waals surface area contributed by atoms with E-state index in [0.717, 1.165) is 12.0 Å². The van der Waals surface area contributed by atoms with Crippen LogP contribution in [0.15, 0.2) is 30.3 Å². The molecule has 1 aromatic rings. The lowest BCUT2D eigenvalue weighted by Crippen LogP contribution is -2.34. The van der Waals surface area contributed by atoms with Gasteiger partial charge in [0.1, 0.15) is 11.9 Å². The maximum Gasteiger partial charge on any atom is 0.405 e. The molecule has 1 fully saturated rings. The predicted molar refractivity (Wildman–Crippen MR) is 57.6 cm³/mol. The molecule has 84 valence electrons. The molecule has 0 saturated heterocycles. The van der Waals surface area contributed by atoms with E-state index in [-0.39, 0.29) is 11.7 Å². The molecule has 4 heteroatoms. The first kappa shape index (κ1) is 10.7. The van der Waals surface area contributed by atoms with Crippen molar-refractivity contribution in [1.29, 1.82) is 0 Å². The van der Waals surface area contributed by atoms with Crippen LogP contribution < -0.4 is 5.73 Å². The number of ether oxygens (including phenoxy) is 1. The molecule has 1 aromatic carbocycles. The number of nitrogens with two attached hydrogens (primary N) is 1. The molecule has 1 aliphatic rings. The maximum atomic E-state index is 11.4. The summed E-state index contributed by atoms with van der Waals surface area (Å²) in [6.07, 6.45) is -0.0459. The van der Waals surface area contributed by atoms with Gasteiger partial charge >= 0.3 is 6.09 Å². The normalized spacial score (nSPS) is 21.0. The van der Waals surface area contributed by atoms with Gasteiger partial charge in [0.2, 0.25) is 0 Å². The van der Waals surface area contributed by atoms with Gasteiger partial charge < -0.3 is 10.5 Å². The van der Waals surface area contributed by atoms with Crippen molar-refractivity contribution < 1.29 is 14.3 Å². The standard InChI is InChI=1S/C12H13NO3/c13-12(15)16-11(9-6-7-10(9)14)8-4-2-1-3-5-8/h1-5,9,11H,6-7H2,(H2,13,15). The number of benzene rings is 1. The van der Waals surface area contributed by atoms with Crippen LogP contribution in [-0.2, 0) is 9.53 Å². The first-order chi connectivity index (χ1) is 7.68.